The SMILES string of the molecule is c1ccc(-n2c3ccccc3c3cc(-c4cc(-c5ccc(N(c6cccc7c6oc6ccccc67)c6cccc7c6oc6ccccc67)nc5)cc(-c5ccc6c(c5)c5ccccc5n6-c5ccccc5)c4)ccc32)cc1. The summed E-state index contributed by atoms with van der Waals surface area (Å²) in [6, 6.07) is 93.0. The van der Waals surface area contributed by atoms with E-state index in [1.807, 2.05) is 30.5 Å². The van der Waals surface area contributed by atoms with E-state index in [-0.39, 0.29) is 0 Å². The van der Waals surface area contributed by atoms with Gasteiger partial charge in [-0.25, -0.2) is 4.98 Å². The predicted octanol–water partition coefficient (Wildman–Crippen LogP) is 19.5. The summed E-state index contributed by atoms with van der Waals surface area (Å²) in [4.78, 5) is 7.57. The van der Waals surface area contributed by atoms with Crippen molar-refractivity contribution in [1.29, 1.82) is 0 Å². The molecule has 0 N–H and O–H groups in total. The highest BCUT2D eigenvalue weighted by atomic mass is 16.3. The van der Waals surface area contributed by atoms with Crippen molar-refractivity contribution in [2.24, 2.45) is 0 Å². The third-order valence-electron chi connectivity index (χ3n) is 15.5. The van der Waals surface area contributed by atoms with Crippen molar-refractivity contribution in [2.45, 2.75) is 0 Å². The highest BCUT2D eigenvalue weighted by Crippen LogP contribution is 2.46. The van der Waals surface area contributed by atoms with E-state index in [9.17, 15) is 0 Å². The van der Waals surface area contributed by atoms with Crippen LogP contribution in [0.1, 0.15) is 0 Å². The van der Waals surface area contributed by atoms with E-state index >= 15 is 0 Å². The van der Waals surface area contributed by atoms with Gasteiger partial charge >= 0.3 is 0 Å². The van der Waals surface area contributed by atoms with Gasteiger partial charge in [0.15, 0.2) is 11.2 Å². The van der Waals surface area contributed by atoms with Gasteiger partial charge in [-0.3, -0.25) is 4.90 Å². The first-order valence-corrected chi connectivity index (χ1v) is 26.1. The molecule has 0 aliphatic heterocycles. The van der Waals surface area contributed by atoms with Crippen molar-refractivity contribution in [3.05, 3.63) is 267 Å². The molecular formula is C71H44N4O2. The normalized spacial score (nSPS) is 11.9. The summed E-state index contributed by atoms with van der Waals surface area (Å²) in [6.45, 7) is 0. The van der Waals surface area contributed by atoms with Gasteiger partial charge in [0.2, 0.25) is 0 Å². The zero-order valence-corrected chi connectivity index (χ0v) is 41.5. The van der Waals surface area contributed by atoms with Crippen LogP contribution in [-0.4, -0.2) is 14.1 Å². The molecule has 0 saturated carbocycles. The molecule has 0 saturated heterocycles. The maximum absolute atomic E-state index is 6.73. The summed E-state index contributed by atoms with van der Waals surface area (Å²) in [6.07, 6.45) is 2.01. The van der Waals surface area contributed by atoms with Gasteiger partial charge in [-0.05, 0) is 143 Å². The van der Waals surface area contributed by atoms with Crippen LogP contribution < -0.4 is 4.90 Å². The average Bonchev–Trinajstić information content (AvgIpc) is 4.31. The van der Waals surface area contributed by atoms with Crippen molar-refractivity contribution < 1.29 is 8.83 Å². The minimum absolute atomic E-state index is 0.728. The van der Waals surface area contributed by atoms with Crippen molar-refractivity contribution in [3.8, 4) is 44.8 Å². The molecule has 0 atom stereocenters. The Morgan fingerprint density at radius 2 is 0.688 bits per heavy atom. The van der Waals surface area contributed by atoms with Crippen LogP contribution in [0.4, 0.5) is 17.2 Å². The van der Waals surface area contributed by atoms with Gasteiger partial charge < -0.3 is 18.0 Å². The van der Waals surface area contributed by atoms with Crippen LogP contribution in [0.25, 0.3) is 132 Å². The zero-order chi connectivity index (χ0) is 50.6. The van der Waals surface area contributed by atoms with E-state index in [0.717, 1.165) is 106 Å². The summed E-state index contributed by atoms with van der Waals surface area (Å²) < 4.78 is 18.2. The second kappa shape index (κ2) is 17.1. The number of hydrogen-bond acceptors (Lipinski definition) is 4. The van der Waals surface area contributed by atoms with E-state index in [2.05, 4.69) is 251 Å². The Labute approximate surface area is 442 Å². The quantitative estimate of drug-likeness (QED) is 0.152. The first kappa shape index (κ1) is 43.0. The lowest BCUT2D eigenvalue weighted by Gasteiger charge is -2.24. The molecule has 16 rings (SSSR count). The number of rotatable bonds is 8. The van der Waals surface area contributed by atoms with Crippen molar-refractivity contribution in [1.82, 2.24) is 14.1 Å². The molecule has 0 aliphatic rings. The van der Waals surface area contributed by atoms with E-state index in [0.29, 0.717) is 0 Å². The summed E-state index contributed by atoms with van der Waals surface area (Å²) >= 11 is 0. The Morgan fingerprint density at radius 1 is 0.286 bits per heavy atom. The van der Waals surface area contributed by atoms with Crippen LogP contribution in [0.3, 0.4) is 0 Å². The van der Waals surface area contributed by atoms with Crippen molar-refractivity contribution >= 4 is 105 Å². The molecule has 0 spiro atoms. The number of nitrogens with zero attached hydrogens (tertiary/aromatic N) is 4. The fourth-order valence-corrected chi connectivity index (χ4v) is 12.0. The Balaban J connectivity index is 0.889. The lowest BCUT2D eigenvalue weighted by atomic mass is 9.92. The fourth-order valence-electron chi connectivity index (χ4n) is 12.0. The Morgan fingerprint density at radius 3 is 1.17 bits per heavy atom. The van der Waals surface area contributed by atoms with Gasteiger partial charge in [0.05, 0.1) is 33.4 Å². The summed E-state index contributed by atoms with van der Waals surface area (Å²) in [5.41, 5.74) is 18.4. The van der Waals surface area contributed by atoms with Gasteiger partial charge in [0.25, 0.3) is 0 Å². The predicted molar refractivity (Wildman–Crippen MR) is 318 cm³/mol. The average molecular weight is 985 g/mol. The lowest BCUT2D eigenvalue weighted by Crippen LogP contribution is -2.12. The highest BCUT2D eigenvalue weighted by Gasteiger charge is 2.25. The molecule has 5 heterocycles. The van der Waals surface area contributed by atoms with Gasteiger partial charge in [0, 0.05) is 66.2 Å². The second-order valence-electron chi connectivity index (χ2n) is 19.9. The van der Waals surface area contributed by atoms with Crippen LogP contribution in [0, 0.1) is 0 Å². The fraction of sp³-hybridized carbons (Fsp3) is 0. The van der Waals surface area contributed by atoms with Gasteiger partial charge in [-0.1, -0.05) is 146 Å². The first-order valence-electron chi connectivity index (χ1n) is 26.1. The molecule has 77 heavy (non-hydrogen) atoms. The monoisotopic (exact) mass is 984 g/mol. The Hall–Kier alpha value is -10.4. The molecule has 5 aromatic heterocycles. The smallest absolute Gasteiger partial charge is 0.159 e. The molecule has 0 bridgehead atoms. The van der Waals surface area contributed by atoms with E-state index in [1.54, 1.807) is 0 Å². The number of pyridine rings is 1. The number of hydrogen-bond donors (Lipinski definition) is 0. The van der Waals surface area contributed by atoms with E-state index in [4.69, 9.17) is 13.8 Å². The molecule has 0 radical (unpaired) electrons. The lowest BCUT2D eigenvalue weighted by molar-refractivity contribution is 0.666. The van der Waals surface area contributed by atoms with Gasteiger partial charge in [-0.15, -0.1) is 0 Å². The molecule has 16 aromatic rings. The third kappa shape index (κ3) is 6.79. The van der Waals surface area contributed by atoms with Gasteiger partial charge in [-0.2, -0.15) is 0 Å². The van der Waals surface area contributed by atoms with Crippen LogP contribution in [0.2, 0.25) is 0 Å². The maximum Gasteiger partial charge on any atom is 0.159 e. The molecular weight excluding hydrogens is 941 g/mol. The summed E-state index contributed by atoms with van der Waals surface area (Å²) in [5, 5.41) is 9.03. The topological polar surface area (TPSA) is 52.3 Å². The molecule has 6 nitrogen and oxygen atoms in total. The maximum atomic E-state index is 6.73. The Kier molecular flexibility index (Phi) is 9.53. The van der Waals surface area contributed by atoms with E-state index in [1.165, 1.54) is 43.6 Å². The standard InChI is InChI=1S/C71H44N4O2/c1-3-17-51(18-4-1)73-61-27-11-7-21-53(61)59-42-45(33-36-63(59)73)48-39-49(46-34-37-64-60(43-46)54-22-8-12-28-62(54)74(64)52-19-5-2-6-20-52)41-50(40-48)47-35-38-69(72-44-47)75(65-29-15-25-57-55-23-9-13-31-67(55)76-70(57)65)66-30-16-26-58-56-24-10-14-32-68(56)77-71(58)66/h1-44H. The summed E-state index contributed by atoms with van der Waals surface area (Å²) in [5.74, 6) is 0.728. The number of benzene rings is 11. The molecule has 6 heteroatoms. The minimum Gasteiger partial charge on any atom is -0.454 e. The molecule has 0 unspecified atom stereocenters. The third-order valence-corrected chi connectivity index (χ3v) is 15.5. The highest BCUT2D eigenvalue weighted by molar-refractivity contribution is 6.15. The second-order valence-corrected chi connectivity index (χ2v) is 19.9. The number of para-hydroxylation sites is 8. The molecule has 0 fully saturated rings. The molecule has 0 amide bonds. The van der Waals surface area contributed by atoms with Crippen molar-refractivity contribution in [3.63, 3.8) is 0 Å². The van der Waals surface area contributed by atoms with Crippen LogP contribution in [0.5, 0.6) is 0 Å². The minimum atomic E-state index is 0.728. The van der Waals surface area contributed by atoms with Crippen molar-refractivity contribution in [2.75, 3.05) is 4.90 Å². The van der Waals surface area contributed by atoms with Crippen LogP contribution in [-0.2, 0) is 0 Å². The molecule has 360 valence electrons. The largest absolute Gasteiger partial charge is 0.454 e. The number of anilines is 3. The molecule has 11 aromatic carbocycles. The zero-order valence-electron chi connectivity index (χ0n) is 41.5. The number of furan rings is 2. The van der Waals surface area contributed by atoms with Crippen LogP contribution >= 0.6 is 0 Å². The summed E-state index contributed by atoms with van der Waals surface area (Å²) in [7, 11) is 0. The van der Waals surface area contributed by atoms with Gasteiger partial charge in [0.1, 0.15) is 17.0 Å². The molecule has 0 aliphatic carbocycles. The Bertz CT molecular complexity index is 4700. The first-order chi connectivity index (χ1) is 38.2. The van der Waals surface area contributed by atoms with E-state index < -0.39 is 0 Å². The van der Waals surface area contributed by atoms with Crippen LogP contribution in [0.15, 0.2) is 276 Å². The number of aromatic nitrogens is 3. The number of fused-ring (bicyclic) bond motifs is 12.